The molecule has 33 heavy (non-hydrogen) atoms. The number of para-hydroxylation sites is 1. The van der Waals surface area contributed by atoms with Crippen molar-refractivity contribution in [3.63, 3.8) is 0 Å². The number of anilines is 3. The Morgan fingerprint density at radius 1 is 1.00 bits per heavy atom. The van der Waals surface area contributed by atoms with Crippen molar-refractivity contribution in [1.29, 1.82) is 0 Å². The molecule has 2 heterocycles. The standard InChI is InChI=1S/C26H35N5O2/c1-19-7-3-4-8-23(19)29-13-15-31(16-14-29)25-20(2)17-21(18-22(25)27)26(33)28-10-6-12-30-11-5-9-24(30)32/h3-4,7-8,17-18H,5-6,9-16,27H2,1-2H3,(H,28,33). The van der Waals surface area contributed by atoms with E-state index in [0.29, 0.717) is 30.8 Å². The van der Waals surface area contributed by atoms with E-state index in [1.807, 2.05) is 17.9 Å². The fourth-order valence-electron chi connectivity index (χ4n) is 4.97. The van der Waals surface area contributed by atoms with E-state index in [0.717, 1.165) is 56.8 Å². The number of nitrogens with two attached hydrogens (primary N) is 1. The van der Waals surface area contributed by atoms with Crippen LogP contribution in [0.1, 0.15) is 40.7 Å². The molecule has 7 heteroatoms. The molecule has 0 aromatic heterocycles. The number of aryl methyl sites for hydroxylation is 2. The number of nitrogens with zero attached hydrogens (tertiary/aromatic N) is 3. The van der Waals surface area contributed by atoms with Crippen LogP contribution in [0, 0.1) is 13.8 Å². The molecule has 2 aromatic rings. The predicted molar refractivity (Wildman–Crippen MR) is 134 cm³/mol. The number of benzene rings is 2. The molecule has 0 bridgehead atoms. The average Bonchev–Trinajstić information content (AvgIpc) is 3.21. The van der Waals surface area contributed by atoms with E-state index in [2.05, 4.69) is 46.3 Å². The molecule has 2 aliphatic rings. The first kappa shape index (κ1) is 23.0. The molecule has 0 saturated carbocycles. The largest absolute Gasteiger partial charge is 0.397 e. The summed E-state index contributed by atoms with van der Waals surface area (Å²) < 4.78 is 0. The number of rotatable bonds is 7. The van der Waals surface area contributed by atoms with E-state index in [1.54, 1.807) is 6.07 Å². The monoisotopic (exact) mass is 449 g/mol. The normalized spacial score (nSPS) is 16.4. The number of amides is 2. The zero-order chi connectivity index (χ0) is 23.4. The van der Waals surface area contributed by atoms with Crippen molar-refractivity contribution in [2.24, 2.45) is 0 Å². The fourth-order valence-corrected chi connectivity index (χ4v) is 4.97. The Hall–Kier alpha value is -3.22. The lowest BCUT2D eigenvalue weighted by atomic mass is 10.0. The number of likely N-dealkylation sites (tertiary alicyclic amines) is 1. The predicted octanol–water partition coefficient (Wildman–Crippen LogP) is 2.95. The third-order valence-corrected chi connectivity index (χ3v) is 6.71. The van der Waals surface area contributed by atoms with Gasteiger partial charge in [-0.25, -0.2) is 0 Å². The Balaban J connectivity index is 1.33. The number of carbonyl (C=O) groups excluding carboxylic acids is 2. The van der Waals surface area contributed by atoms with E-state index < -0.39 is 0 Å². The van der Waals surface area contributed by atoms with Gasteiger partial charge in [0.2, 0.25) is 5.91 Å². The molecule has 2 amide bonds. The number of piperazine rings is 1. The summed E-state index contributed by atoms with van der Waals surface area (Å²) in [5.74, 6) is 0.105. The summed E-state index contributed by atoms with van der Waals surface area (Å²) in [4.78, 5) is 31.0. The second-order valence-corrected chi connectivity index (χ2v) is 9.09. The van der Waals surface area contributed by atoms with Gasteiger partial charge in [0, 0.05) is 63.5 Å². The Morgan fingerprint density at radius 2 is 1.73 bits per heavy atom. The van der Waals surface area contributed by atoms with Gasteiger partial charge in [-0.3, -0.25) is 9.59 Å². The molecule has 2 aromatic carbocycles. The summed E-state index contributed by atoms with van der Waals surface area (Å²) in [6.07, 6.45) is 2.35. The van der Waals surface area contributed by atoms with Crippen LogP contribution in [-0.4, -0.2) is 62.5 Å². The van der Waals surface area contributed by atoms with Gasteiger partial charge in [-0.1, -0.05) is 18.2 Å². The van der Waals surface area contributed by atoms with Gasteiger partial charge in [0.05, 0.1) is 11.4 Å². The number of hydrogen-bond donors (Lipinski definition) is 2. The third-order valence-electron chi connectivity index (χ3n) is 6.71. The van der Waals surface area contributed by atoms with Crippen LogP contribution in [0.15, 0.2) is 36.4 Å². The van der Waals surface area contributed by atoms with Gasteiger partial charge < -0.3 is 25.8 Å². The zero-order valence-electron chi connectivity index (χ0n) is 19.8. The maximum Gasteiger partial charge on any atom is 0.251 e. The molecule has 176 valence electrons. The zero-order valence-corrected chi connectivity index (χ0v) is 19.8. The minimum Gasteiger partial charge on any atom is -0.397 e. The highest BCUT2D eigenvalue weighted by Gasteiger charge is 2.23. The maximum absolute atomic E-state index is 12.7. The van der Waals surface area contributed by atoms with Gasteiger partial charge in [0.1, 0.15) is 0 Å². The minimum absolute atomic E-state index is 0.117. The van der Waals surface area contributed by atoms with Crippen LogP contribution in [0.3, 0.4) is 0 Å². The van der Waals surface area contributed by atoms with Gasteiger partial charge >= 0.3 is 0 Å². The molecule has 2 fully saturated rings. The molecular weight excluding hydrogens is 414 g/mol. The Kier molecular flexibility index (Phi) is 7.06. The highest BCUT2D eigenvalue weighted by Crippen LogP contribution is 2.31. The van der Waals surface area contributed by atoms with Crippen molar-refractivity contribution in [3.05, 3.63) is 53.1 Å². The van der Waals surface area contributed by atoms with Gasteiger partial charge in [-0.05, 0) is 56.0 Å². The van der Waals surface area contributed by atoms with Crippen LogP contribution in [0.5, 0.6) is 0 Å². The number of nitrogens with one attached hydrogen (secondary N) is 1. The number of hydrogen-bond acceptors (Lipinski definition) is 5. The first-order chi connectivity index (χ1) is 15.9. The van der Waals surface area contributed by atoms with Crippen molar-refractivity contribution >= 4 is 28.9 Å². The van der Waals surface area contributed by atoms with Gasteiger partial charge in [0.15, 0.2) is 0 Å². The Labute approximate surface area is 196 Å². The van der Waals surface area contributed by atoms with Gasteiger partial charge in [-0.2, -0.15) is 0 Å². The summed E-state index contributed by atoms with van der Waals surface area (Å²) in [6, 6.07) is 12.2. The maximum atomic E-state index is 12.7. The summed E-state index contributed by atoms with van der Waals surface area (Å²) in [5, 5.41) is 2.97. The lowest BCUT2D eigenvalue weighted by Gasteiger charge is -2.39. The van der Waals surface area contributed by atoms with E-state index in [9.17, 15) is 9.59 Å². The quantitative estimate of drug-likeness (QED) is 0.502. The lowest BCUT2D eigenvalue weighted by Crippen LogP contribution is -2.47. The smallest absolute Gasteiger partial charge is 0.251 e. The second-order valence-electron chi connectivity index (χ2n) is 9.09. The van der Waals surface area contributed by atoms with Gasteiger partial charge in [-0.15, -0.1) is 0 Å². The second kappa shape index (κ2) is 10.1. The summed E-state index contributed by atoms with van der Waals surface area (Å²) in [5.41, 5.74) is 12.3. The molecule has 2 saturated heterocycles. The molecule has 0 unspecified atom stereocenters. The van der Waals surface area contributed by atoms with Crippen molar-refractivity contribution in [3.8, 4) is 0 Å². The van der Waals surface area contributed by atoms with Crippen LogP contribution in [-0.2, 0) is 4.79 Å². The van der Waals surface area contributed by atoms with Crippen LogP contribution in [0.2, 0.25) is 0 Å². The topological polar surface area (TPSA) is 81.9 Å². The highest BCUT2D eigenvalue weighted by molar-refractivity contribution is 5.96. The van der Waals surface area contributed by atoms with E-state index in [1.165, 1.54) is 11.3 Å². The van der Waals surface area contributed by atoms with Crippen molar-refractivity contribution in [2.75, 3.05) is 61.3 Å². The third kappa shape index (κ3) is 5.24. The summed E-state index contributed by atoms with van der Waals surface area (Å²) in [6.45, 7) is 9.91. The Morgan fingerprint density at radius 3 is 2.39 bits per heavy atom. The van der Waals surface area contributed by atoms with Crippen LogP contribution in [0.4, 0.5) is 17.1 Å². The highest BCUT2D eigenvalue weighted by atomic mass is 16.2. The van der Waals surface area contributed by atoms with Crippen LogP contribution < -0.4 is 20.9 Å². The van der Waals surface area contributed by atoms with Crippen molar-refractivity contribution in [2.45, 2.75) is 33.1 Å². The Bertz CT molecular complexity index is 990. The van der Waals surface area contributed by atoms with E-state index in [-0.39, 0.29) is 11.8 Å². The molecule has 4 rings (SSSR count). The lowest BCUT2D eigenvalue weighted by molar-refractivity contribution is -0.127. The SMILES string of the molecule is Cc1ccccc1N1CCN(c2c(C)cc(C(=O)NCCCN3CCCC3=O)cc2N)CC1. The first-order valence-electron chi connectivity index (χ1n) is 12.0. The number of carbonyl (C=O) groups is 2. The molecule has 0 atom stereocenters. The summed E-state index contributed by atoms with van der Waals surface area (Å²) in [7, 11) is 0. The molecule has 0 aliphatic carbocycles. The first-order valence-corrected chi connectivity index (χ1v) is 12.0. The summed E-state index contributed by atoms with van der Waals surface area (Å²) >= 11 is 0. The van der Waals surface area contributed by atoms with E-state index >= 15 is 0 Å². The molecular formula is C26H35N5O2. The molecule has 0 radical (unpaired) electrons. The van der Waals surface area contributed by atoms with Crippen molar-refractivity contribution < 1.29 is 9.59 Å². The molecule has 7 nitrogen and oxygen atoms in total. The van der Waals surface area contributed by atoms with Gasteiger partial charge in [0.25, 0.3) is 5.91 Å². The van der Waals surface area contributed by atoms with E-state index in [4.69, 9.17) is 5.73 Å². The molecule has 2 aliphatic heterocycles. The van der Waals surface area contributed by atoms with Crippen molar-refractivity contribution in [1.82, 2.24) is 10.2 Å². The average molecular weight is 450 g/mol. The minimum atomic E-state index is -0.117. The number of nitrogen functional groups attached to an aromatic ring is 1. The van der Waals surface area contributed by atoms with Crippen LogP contribution >= 0.6 is 0 Å². The fraction of sp³-hybridized carbons (Fsp3) is 0.462. The molecule has 3 N–H and O–H groups in total. The molecule has 0 spiro atoms. The van der Waals surface area contributed by atoms with Crippen LogP contribution in [0.25, 0.3) is 0 Å².